The molecular weight excluding hydrogens is 469 g/mol. The predicted octanol–water partition coefficient (Wildman–Crippen LogP) is 6.04. The Morgan fingerprint density at radius 2 is 1.63 bits per heavy atom. The number of benzene rings is 2. The van der Waals surface area contributed by atoms with Gasteiger partial charge in [0.25, 0.3) is 0 Å². The predicted molar refractivity (Wildman–Crippen MR) is 151 cm³/mol. The van der Waals surface area contributed by atoms with Gasteiger partial charge in [-0.1, -0.05) is 68.5 Å². The van der Waals surface area contributed by atoms with Gasteiger partial charge in [0, 0.05) is 48.5 Å². The van der Waals surface area contributed by atoms with Gasteiger partial charge in [-0.3, -0.25) is 4.67 Å². The van der Waals surface area contributed by atoms with Crippen molar-refractivity contribution in [2.45, 2.75) is 45.4 Å². The fourth-order valence-electron chi connectivity index (χ4n) is 6.16. The quantitative estimate of drug-likeness (QED) is 0.401. The van der Waals surface area contributed by atoms with E-state index in [4.69, 9.17) is 21.9 Å². The molecule has 6 rings (SSSR count). The summed E-state index contributed by atoms with van der Waals surface area (Å²) in [5.74, 6) is 0.905. The van der Waals surface area contributed by atoms with Gasteiger partial charge in [0.2, 0.25) is 0 Å². The molecule has 1 aromatic heterocycles. The monoisotopic (exact) mass is 501 g/mol. The van der Waals surface area contributed by atoms with Crippen LogP contribution in [-0.4, -0.2) is 40.8 Å². The highest BCUT2D eigenvalue weighted by Gasteiger charge is 2.47. The van der Waals surface area contributed by atoms with Gasteiger partial charge in [-0.15, -0.1) is 0 Å². The molecule has 1 saturated heterocycles. The Bertz CT molecular complexity index is 1410. The van der Waals surface area contributed by atoms with Gasteiger partial charge < -0.3 is 4.90 Å². The lowest BCUT2D eigenvalue weighted by Crippen LogP contribution is -2.36. The first-order chi connectivity index (χ1) is 16.8. The largest absolute Gasteiger partial charge is 0.346 e. The molecule has 0 amide bonds. The summed E-state index contributed by atoms with van der Waals surface area (Å²) in [7, 11) is 2.19. The number of rotatable bonds is 2. The second-order valence-corrected chi connectivity index (χ2v) is 14.5. The number of hydrogen-bond acceptors (Lipinski definition) is 4. The number of piperidine rings is 1. The molecule has 1 unspecified atom stereocenters. The maximum Gasteiger partial charge on any atom is 0.165 e. The SMILES string of the molecule is Cc1nn(-c2ccccc2)c2c1P(=S)(N1CCCCC1)/C(=C1\N(C)c3ccccc3C1(C)C)C=N2. The zero-order valence-electron chi connectivity index (χ0n) is 20.9. The molecule has 1 fully saturated rings. The molecule has 3 aliphatic heterocycles. The van der Waals surface area contributed by atoms with Crippen molar-refractivity contribution in [3.05, 3.63) is 76.9 Å². The highest BCUT2D eigenvalue weighted by Crippen LogP contribution is 2.64. The highest BCUT2D eigenvalue weighted by atomic mass is 32.4. The minimum Gasteiger partial charge on any atom is -0.346 e. The van der Waals surface area contributed by atoms with E-state index in [2.05, 4.69) is 80.0 Å². The first kappa shape index (κ1) is 22.9. The number of likely N-dealkylation sites (N-methyl/N-ethyl adjacent to an activating group) is 1. The number of hydrogen-bond donors (Lipinski definition) is 0. The van der Waals surface area contributed by atoms with Crippen LogP contribution in [0.5, 0.6) is 0 Å². The van der Waals surface area contributed by atoms with Crippen LogP contribution in [-0.2, 0) is 17.2 Å². The Hall–Kier alpha value is -2.53. The Labute approximate surface area is 213 Å². The lowest BCUT2D eigenvalue weighted by Gasteiger charge is -2.42. The molecule has 4 heterocycles. The van der Waals surface area contributed by atoms with E-state index in [9.17, 15) is 0 Å². The number of aliphatic imine (C=N–C) groups is 1. The smallest absolute Gasteiger partial charge is 0.165 e. The number of aryl methyl sites for hydroxylation is 1. The number of aromatic nitrogens is 2. The fraction of sp³-hybridized carbons (Fsp3) is 0.357. The number of allylic oxidation sites excluding steroid dienone is 2. The first-order valence-electron chi connectivity index (χ1n) is 12.5. The Balaban J connectivity index is 1.64. The molecule has 3 aromatic rings. The van der Waals surface area contributed by atoms with E-state index < -0.39 is 6.19 Å². The van der Waals surface area contributed by atoms with Crippen molar-refractivity contribution >= 4 is 41.0 Å². The van der Waals surface area contributed by atoms with Crippen molar-refractivity contribution in [3.8, 4) is 5.69 Å². The average molecular weight is 502 g/mol. The molecule has 0 N–H and O–H groups in total. The van der Waals surface area contributed by atoms with Crippen LogP contribution in [0, 0.1) is 6.92 Å². The van der Waals surface area contributed by atoms with E-state index in [1.807, 2.05) is 22.9 Å². The Kier molecular flexibility index (Phi) is 5.41. The zero-order valence-corrected chi connectivity index (χ0v) is 22.6. The van der Waals surface area contributed by atoms with Crippen LogP contribution in [0.1, 0.15) is 44.4 Å². The Morgan fingerprint density at radius 1 is 0.943 bits per heavy atom. The van der Waals surface area contributed by atoms with Crippen LogP contribution in [0.2, 0.25) is 0 Å². The second-order valence-electron chi connectivity index (χ2n) is 10.3. The molecule has 0 aliphatic carbocycles. The summed E-state index contributed by atoms with van der Waals surface area (Å²) in [4.78, 5) is 7.46. The van der Waals surface area contributed by atoms with Crippen molar-refractivity contribution in [1.29, 1.82) is 0 Å². The van der Waals surface area contributed by atoms with Crippen molar-refractivity contribution in [3.63, 3.8) is 0 Å². The van der Waals surface area contributed by atoms with E-state index in [-0.39, 0.29) is 5.41 Å². The molecule has 5 nitrogen and oxygen atoms in total. The standard InChI is InChI=1S/C28H32N5PS/c1-20-25-27(33(30-20)21-13-7-5-8-14-21)29-19-24(34(25,35)32-17-11-6-12-18-32)26-28(2,3)22-15-9-10-16-23(22)31(26)4/h5,7-10,13-16,19H,6,11-12,17-18H2,1-4H3/b26-24-. The third-order valence-electron chi connectivity index (χ3n) is 7.78. The maximum atomic E-state index is 6.91. The van der Waals surface area contributed by atoms with Gasteiger partial charge >= 0.3 is 0 Å². The van der Waals surface area contributed by atoms with Gasteiger partial charge in [-0.2, -0.15) is 5.10 Å². The molecule has 2 aromatic carbocycles. The molecule has 0 bridgehead atoms. The van der Waals surface area contributed by atoms with E-state index >= 15 is 0 Å². The fourth-order valence-corrected chi connectivity index (χ4v) is 11.2. The van der Waals surface area contributed by atoms with E-state index in [0.717, 1.165) is 30.3 Å². The summed E-state index contributed by atoms with van der Waals surface area (Å²) in [5, 5.41) is 7.40. The van der Waals surface area contributed by atoms with Crippen molar-refractivity contribution in [1.82, 2.24) is 14.5 Å². The summed E-state index contributed by atoms with van der Waals surface area (Å²) in [6.45, 7) is 8.85. The van der Waals surface area contributed by atoms with Gasteiger partial charge in [0.05, 0.1) is 22.9 Å². The number of anilines is 1. The summed E-state index contributed by atoms with van der Waals surface area (Å²) in [6, 6.07) is 19.1. The second kappa shape index (κ2) is 8.26. The number of fused-ring (bicyclic) bond motifs is 2. The summed E-state index contributed by atoms with van der Waals surface area (Å²) in [5.41, 5.74) is 5.76. The normalized spacial score (nSPS) is 25.5. The number of para-hydroxylation sites is 2. The van der Waals surface area contributed by atoms with Gasteiger partial charge in [0.1, 0.15) is 0 Å². The Morgan fingerprint density at radius 3 is 2.34 bits per heavy atom. The third kappa shape index (κ3) is 3.27. The van der Waals surface area contributed by atoms with Crippen LogP contribution in [0.3, 0.4) is 0 Å². The molecular formula is C28H32N5PS. The number of nitrogens with zero attached hydrogens (tertiary/aromatic N) is 5. The van der Waals surface area contributed by atoms with E-state index in [1.54, 1.807) is 0 Å². The minimum atomic E-state index is -2.35. The van der Waals surface area contributed by atoms with E-state index in [0.29, 0.717) is 0 Å². The molecule has 180 valence electrons. The maximum absolute atomic E-state index is 6.91. The van der Waals surface area contributed by atoms with Gasteiger partial charge in [-0.25, -0.2) is 9.67 Å². The molecule has 0 saturated carbocycles. The molecule has 0 spiro atoms. The van der Waals surface area contributed by atoms with Crippen LogP contribution in [0.25, 0.3) is 5.69 Å². The molecule has 1 atom stereocenters. The van der Waals surface area contributed by atoms with Crippen LogP contribution in [0.4, 0.5) is 11.5 Å². The van der Waals surface area contributed by atoms with Crippen molar-refractivity contribution in [2.24, 2.45) is 4.99 Å². The average Bonchev–Trinajstić information content (AvgIpc) is 3.32. The lowest BCUT2D eigenvalue weighted by atomic mass is 9.84. The lowest BCUT2D eigenvalue weighted by molar-refractivity contribution is 0.372. The van der Waals surface area contributed by atoms with Gasteiger partial charge in [-0.05, 0) is 43.5 Å². The summed E-state index contributed by atoms with van der Waals surface area (Å²) >= 11 is 6.91. The first-order valence-corrected chi connectivity index (χ1v) is 15.2. The molecule has 0 radical (unpaired) electrons. The molecule has 35 heavy (non-hydrogen) atoms. The third-order valence-corrected chi connectivity index (χ3v) is 12.9. The summed E-state index contributed by atoms with van der Waals surface area (Å²) < 4.78 is 4.61. The van der Waals surface area contributed by atoms with Crippen LogP contribution in [0.15, 0.2) is 70.6 Å². The molecule has 3 aliphatic rings. The van der Waals surface area contributed by atoms with Gasteiger partial charge in [0.15, 0.2) is 5.82 Å². The van der Waals surface area contributed by atoms with Crippen LogP contribution < -0.4 is 10.2 Å². The van der Waals surface area contributed by atoms with Crippen LogP contribution >= 0.6 is 6.19 Å². The zero-order chi connectivity index (χ0) is 24.4. The minimum absolute atomic E-state index is 0.159. The molecule has 7 heteroatoms. The summed E-state index contributed by atoms with van der Waals surface area (Å²) in [6.07, 6.45) is 3.41. The van der Waals surface area contributed by atoms with Crippen molar-refractivity contribution in [2.75, 3.05) is 25.0 Å². The van der Waals surface area contributed by atoms with E-state index in [1.165, 1.54) is 46.8 Å². The highest BCUT2D eigenvalue weighted by molar-refractivity contribution is 8.19. The van der Waals surface area contributed by atoms with Crippen molar-refractivity contribution < 1.29 is 0 Å². The topological polar surface area (TPSA) is 36.7 Å².